The van der Waals surface area contributed by atoms with Gasteiger partial charge >= 0.3 is 0 Å². The fourth-order valence-electron chi connectivity index (χ4n) is 2.21. The van der Waals surface area contributed by atoms with Crippen molar-refractivity contribution >= 4 is 0 Å². The predicted molar refractivity (Wildman–Crippen MR) is 75.9 cm³/mol. The van der Waals surface area contributed by atoms with Crippen LogP contribution in [0.2, 0.25) is 0 Å². The monoisotopic (exact) mass is 249 g/mol. The maximum Gasteiger partial charge on any atom is 0.170 e. The van der Waals surface area contributed by atoms with Crippen molar-refractivity contribution in [1.29, 1.82) is 0 Å². The third kappa shape index (κ3) is 2.43. The van der Waals surface area contributed by atoms with E-state index in [0.717, 1.165) is 29.0 Å². The summed E-state index contributed by atoms with van der Waals surface area (Å²) in [4.78, 5) is 0. The molecular formula is C17H15NO. The topological polar surface area (TPSA) is 26.0 Å². The minimum absolute atomic E-state index is 0.848. The van der Waals surface area contributed by atoms with Gasteiger partial charge in [-0.3, -0.25) is 0 Å². The highest BCUT2D eigenvalue weighted by Gasteiger charge is 2.14. The minimum atomic E-state index is 0.848. The summed E-state index contributed by atoms with van der Waals surface area (Å²) in [6, 6.07) is 20.5. The van der Waals surface area contributed by atoms with Gasteiger partial charge in [0.1, 0.15) is 0 Å². The lowest BCUT2D eigenvalue weighted by molar-refractivity contribution is 0.426. The van der Waals surface area contributed by atoms with E-state index in [0.29, 0.717) is 0 Å². The van der Waals surface area contributed by atoms with Crippen LogP contribution < -0.4 is 0 Å². The van der Waals surface area contributed by atoms with Gasteiger partial charge in [-0.25, -0.2) is 0 Å². The van der Waals surface area contributed by atoms with Gasteiger partial charge in [-0.1, -0.05) is 65.8 Å². The number of nitrogens with zero attached hydrogens (tertiary/aromatic N) is 1. The summed E-state index contributed by atoms with van der Waals surface area (Å²) in [5, 5.41) is 4.11. The van der Waals surface area contributed by atoms with Crippen LogP contribution in [0.5, 0.6) is 0 Å². The second kappa shape index (κ2) is 5.11. The van der Waals surface area contributed by atoms with Crippen molar-refractivity contribution in [1.82, 2.24) is 5.16 Å². The zero-order valence-corrected chi connectivity index (χ0v) is 10.8. The summed E-state index contributed by atoms with van der Waals surface area (Å²) >= 11 is 0. The maximum atomic E-state index is 5.50. The Morgan fingerprint density at radius 3 is 2.21 bits per heavy atom. The zero-order valence-electron chi connectivity index (χ0n) is 10.8. The molecule has 0 amide bonds. The molecule has 19 heavy (non-hydrogen) atoms. The molecule has 3 rings (SSSR count). The molecule has 1 aromatic heterocycles. The lowest BCUT2D eigenvalue weighted by Gasteiger charge is -2.03. The van der Waals surface area contributed by atoms with Crippen LogP contribution in [0.4, 0.5) is 0 Å². The molecule has 0 spiro atoms. The van der Waals surface area contributed by atoms with Crippen LogP contribution in [-0.2, 0) is 6.42 Å². The van der Waals surface area contributed by atoms with Gasteiger partial charge in [0.15, 0.2) is 5.76 Å². The van der Waals surface area contributed by atoms with Gasteiger partial charge in [-0.15, -0.1) is 0 Å². The van der Waals surface area contributed by atoms with Gasteiger partial charge in [0.25, 0.3) is 0 Å². The van der Waals surface area contributed by atoms with Crippen LogP contribution in [0, 0.1) is 6.92 Å². The molecule has 0 aliphatic carbocycles. The van der Waals surface area contributed by atoms with Crippen molar-refractivity contribution in [3.8, 4) is 11.3 Å². The molecule has 94 valence electrons. The normalized spacial score (nSPS) is 10.6. The molecule has 0 saturated carbocycles. The summed E-state index contributed by atoms with van der Waals surface area (Å²) in [5.74, 6) is 0.877. The van der Waals surface area contributed by atoms with E-state index >= 15 is 0 Å². The maximum absolute atomic E-state index is 5.50. The van der Waals surface area contributed by atoms with Crippen LogP contribution in [0.15, 0.2) is 65.2 Å². The highest BCUT2D eigenvalue weighted by atomic mass is 16.5. The molecule has 0 aliphatic rings. The van der Waals surface area contributed by atoms with Gasteiger partial charge in [0, 0.05) is 17.5 Å². The van der Waals surface area contributed by atoms with E-state index in [9.17, 15) is 0 Å². The van der Waals surface area contributed by atoms with E-state index in [1.165, 1.54) is 5.56 Å². The standard InChI is InChI=1S/C17H15NO/c1-13-16(12-14-8-4-2-5-9-14)17(19-18-13)15-10-6-3-7-11-15/h2-11H,12H2,1H3. The first kappa shape index (κ1) is 11.7. The molecule has 2 nitrogen and oxygen atoms in total. The first-order valence-electron chi connectivity index (χ1n) is 6.39. The van der Waals surface area contributed by atoms with E-state index in [1.807, 2.05) is 31.2 Å². The van der Waals surface area contributed by atoms with E-state index in [1.54, 1.807) is 0 Å². The Morgan fingerprint density at radius 2 is 1.53 bits per heavy atom. The molecule has 3 aromatic rings. The van der Waals surface area contributed by atoms with Crippen LogP contribution in [0.1, 0.15) is 16.8 Å². The molecule has 2 heteroatoms. The first-order chi connectivity index (χ1) is 9.34. The summed E-state index contributed by atoms with van der Waals surface area (Å²) in [6.07, 6.45) is 0.848. The first-order valence-corrected chi connectivity index (χ1v) is 6.39. The van der Waals surface area contributed by atoms with E-state index in [-0.39, 0.29) is 0 Å². The number of hydrogen-bond acceptors (Lipinski definition) is 2. The molecule has 0 bridgehead atoms. The Morgan fingerprint density at radius 1 is 0.895 bits per heavy atom. The number of rotatable bonds is 3. The van der Waals surface area contributed by atoms with E-state index in [2.05, 4.69) is 41.6 Å². The van der Waals surface area contributed by atoms with Crippen molar-refractivity contribution in [2.45, 2.75) is 13.3 Å². The molecule has 0 N–H and O–H groups in total. The van der Waals surface area contributed by atoms with Gasteiger partial charge in [-0.05, 0) is 12.5 Å². The quantitative estimate of drug-likeness (QED) is 0.694. The van der Waals surface area contributed by atoms with Gasteiger partial charge in [-0.2, -0.15) is 0 Å². The van der Waals surface area contributed by atoms with Crippen LogP contribution in [-0.4, -0.2) is 5.16 Å². The third-order valence-electron chi connectivity index (χ3n) is 3.24. The Bertz CT molecular complexity index is 656. The largest absolute Gasteiger partial charge is 0.356 e. The second-order valence-corrected chi connectivity index (χ2v) is 4.60. The van der Waals surface area contributed by atoms with Crippen molar-refractivity contribution in [2.24, 2.45) is 0 Å². The summed E-state index contributed by atoms with van der Waals surface area (Å²) in [7, 11) is 0. The highest BCUT2D eigenvalue weighted by Crippen LogP contribution is 2.27. The van der Waals surface area contributed by atoms with Gasteiger partial charge < -0.3 is 4.52 Å². The van der Waals surface area contributed by atoms with Gasteiger partial charge in [0.2, 0.25) is 0 Å². The molecular weight excluding hydrogens is 234 g/mol. The number of benzene rings is 2. The molecule has 2 aromatic carbocycles. The fourth-order valence-corrected chi connectivity index (χ4v) is 2.21. The van der Waals surface area contributed by atoms with E-state index in [4.69, 9.17) is 4.52 Å². The Hall–Kier alpha value is -2.35. The summed E-state index contributed by atoms with van der Waals surface area (Å²) in [5.41, 5.74) is 4.47. The fraction of sp³-hybridized carbons (Fsp3) is 0.118. The molecule has 0 saturated heterocycles. The van der Waals surface area contributed by atoms with Crippen LogP contribution >= 0.6 is 0 Å². The molecule has 1 heterocycles. The number of aryl methyl sites for hydroxylation is 1. The smallest absolute Gasteiger partial charge is 0.170 e. The number of aromatic nitrogens is 1. The van der Waals surface area contributed by atoms with E-state index < -0.39 is 0 Å². The Balaban J connectivity index is 2.00. The second-order valence-electron chi connectivity index (χ2n) is 4.60. The number of hydrogen-bond donors (Lipinski definition) is 0. The van der Waals surface area contributed by atoms with Crippen molar-refractivity contribution in [3.05, 3.63) is 77.5 Å². The lowest BCUT2D eigenvalue weighted by Crippen LogP contribution is -1.91. The van der Waals surface area contributed by atoms with Crippen molar-refractivity contribution < 1.29 is 4.52 Å². The van der Waals surface area contributed by atoms with Crippen LogP contribution in [0.25, 0.3) is 11.3 Å². The molecule has 0 atom stereocenters. The Kier molecular flexibility index (Phi) is 3.15. The average molecular weight is 249 g/mol. The summed E-state index contributed by atoms with van der Waals surface area (Å²) in [6.45, 7) is 1.99. The predicted octanol–water partition coefficient (Wildman–Crippen LogP) is 4.24. The summed E-state index contributed by atoms with van der Waals surface area (Å²) < 4.78 is 5.50. The molecule has 0 unspecified atom stereocenters. The average Bonchev–Trinajstić information content (AvgIpc) is 2.82. The SMILES string of the molecule is Cc1noc(-c2ccccc2)c1Cc1ccccc1. The zero-order chi connectivity index (χ0) is 13.1. The lowest BCUT2D eigenvalue weighted by atomic mass is 10.00. The molecule has 0 aliphatic heterocycles. The molecule has 0 radical (unpaired) electrons. The minimum Gasteiger partial charge on any atom is -0.356 e. The van der Waals surface area contributed by atoms with Gasteiger partial charge in [0.05, 0.1) is 5.69 Å². The molecule has 0 fully saturated rings. The Labute approximate surface area is 112 Å². The van der Waals surface area contributed by atoms with Crippen LogP contribution in [0.3, 0.4) is 0 Å². The van der Waals surface area contributed by atoms with Crippen molar-refractivity contribution in [2.75, 3.05) is 0 Å². The third-order valence-corrected chi connectivity index (χ3v) is 3.24. The highest BCUT2D eigenvalue weighted by molar-refractivity contribution is 5.62. The van der Waals surface area contributed by atoms with Crippen molar-refractivity contribution in [3.63, 3.8) is 0 Å².